The molecule has 0 saturated carbocycles. The first-order valence-electron chi connectivity index (χ1n) is 4.28. The zero-order valence-corrected chi connectivity index (χ0v) is 7.74. The Balaban J connectivity index is 2.47. The number of nitriles is 1. The molecule has 0 atom stereocenters. The van der Waals surface area contributed by atoms with Gasteiger partial charge >= 0.3 is 6.03 Å². The number of benzene rings is 1. The highest BCUT2D eigenvalue weighted by atomic mass is 16.2. The number of anilines is 1. The summed E-state index contributed by atoms with van der Waals surface area (Å²) in [7, 11) is 0. The van der Waals surface area contributed by atoms with Crippen molar-refractivity contribution in [3.8, 4) is 6.07 Å². The van der Waals surface area contributed by atoms with E-state index in [1.54, 1.807) is 24.3 Å². The van der Waals surface area contributed by atoms with Crippen LogP contribution in [0.2, 0.25) is 0 Å². The molecule has 2 aromatic rings. The van der Waals surface area contributed by atoms with Crippen LogP contribution < -0.4 is 11.1 Å². The fourth-order valence-corrected chi connectivity index (χ4v) is 1.40. The van der Waals surface area contributed by atoms with Gasteiger partial charge in [-0.3, -0.25) is 5.32 Å². The van der Waals surface area contributed by atoms with E-state index < -0.39 is 6.03 Å². The van der Waals surface area contributed by atoms with Crippen LogP contribution >= 0.6 is 0 Å². The molecule has 5 nitrogen and oxygen atoms in total. The van der Waals surface area contributed by atoms with Crippen molar-refractivity contribution in [2.45, 2.75) is 0 Å². The van der Waals surface area contributed by atoms with Gasteiger partial charge in [0.25, 0.3) is 0 Å². The molecule has 0 unspecified atom stereocenters. The molecule has 74 valence electrons. The lowest BCUT2D eigenvalue weighted by molar-refractivity contribution is 0.259. The molecule has 0 aliphatic carbocycles. The molecule has 15 heavy (non-hydrogen) atoms. The Morgan fingerprint density at radius 2 is 2.27 bits per heavy atom. The van der Waals surface area contributed by atoms with E-state index in [0.717, 1.165) is 10.9 Å². The number of hydrogen-bond donors (Lipinski definition) is 3. The van der Waals surface area contributed by atoms with E-state index in [2.05, 4.69) is 10.3 Å². The second kappa shape index (κ2) is 3.35. The van der Waals surface area contributed by atoms with E-state index in [1.807, 2.05) is 6.07 Å². The number of carbonyl (C=O) groups excluding carboxylic acids is 1. The molecule has 1 heterocycles. The van der Waals surface area contributed by atoms with Gasteiger partial charge in [0.2, 0.25) is 0 Å². The van der Waals surface area contributed by atoms with Crippen LogP contribution in [0, 0.1) is 11.3 Å². The van der Waals surface area contributed by atoms with Crippen molar-refractivity contribution in [1.29, 1.82) is 5.26 Å². The molecule has 0 aliphatic rings. The Labute approximate surface area is 85.5 Å². The average molecular weight is 200 g/mol. The molecule has 0 bridgehead atoms. The number of amides is 2. The number of nitrogens with two attached hydrogens (primary N) is 1. The van der Waals surface area contributed by atoms with Gasteiger partial charge in [0, 0.05) is 10.9 Å². The Hall–Kier alpha value is -2.48. The molecule has 4 N–H and O–H groups in total. The largest absolute Gasteiger partial charge is 0.351 e. The molecule has 2 rings (SSSR count). The summed E-state index contributed by atoms with van der Waals surface area (Å²) in [6, 6.07) is 8.39. The maximum atomic E-state index is 10.6. The van der Waals surface area contributed by atoms with Gasteiger partial charge in [-0.25, -0.2) is 4.79 Å². The van der Waals surface area contributed by atoms with Crippen molar-refractivity contribution in [3.63, 3.8) is 0 Å². The highest BCUT2D eigenvalue weighted by molar-refractivity contribution is 5.92. The van der Waals surface area contributed by atoms with Crippen LogP contribution in [0.5, 0.6) is 0 Å². The quantitative estimate of drug-likeness (QED) is 0.650. The van der Waals surface area contributed by atoms with Crippen molar-refractivity contribution >= 4 is 22.8 Å². The number of H-pyrrole nitrogens is 1. The summed E-state index contributed by atoms with van der Waals surface area (Å²) in [6.45, 7) is 0. The van der Waals surface area contributed by atoms with E-state index in [-0.39, 0.29) is 0 Å². The molecule has 0 fully saturated rings. The van der Waals surface area contributed by atoms with Crippen LogP contribution in [-0.2, 0) is 0 Å². The van der Waals surface area contributed by atoms with E-state index >= 15 is 0 Å². The first kappa shape index (κ1) is 9.09. The summed E-state index contributed by atoms with van der Waals surface area (Å²) in [5.74, 6) is 0.521. The zero-order chi connectivity index (χ0) is 10.8. The summed E-state index contributed by atoms with van der Waals surface area (Å²) in [5, 5.41) is 12.0. The SMILES string of the molecule is N#Cc1ccc2cc(NC(N)=O)[nH]c2c1. The molecule has 1 aromatic carbocycles. The maximum Gasteiger partial charge on any atom is 0.317 e. The minimum Gasteiger partial charge on any atom is -0.351 e. The Kier molecular flexibility index (Phi) is 2.03. The highest BCUT2D eigenvalue weighted by Gasteiger charge is 2.02. The molecule has 2 amide bonds. The fourth-order valence-electron chi connectivity index (χ4n) is 1.40. The van der Waals surface area contributed by atoms with E-state index in [0.29, 0.717) is 11.4 Å². The molecule has 1 aromatic heterocycles. The van der Waals surface area contributed by atoms with Crippen LogP contribution in [0.1, 0.15) is 5.56 Å². The summed E-state index contributed by atoms with van der Waals surface area (Å²) in [6.07, 6.45) is 0. The lowest BCUT2D eigenvalue weighted by Gasteiger charge is -1.94. The van der Waals surface area contributed by atoms with Crippen LogP contribution in [-0.4, -0.2) is 11.0 Å². The monoisotopic (exact) mass is 200 g/mol. The van der Waals surface area contributed by atoms with Crippen LogP contribution in [0.3, 0.4) is 0 Å². The Morgan fingerprint density at radius 1 is 1.47 bits per heavy atom. The third-order valence-corrected chi connectivity index (χ3v) is 2.01. The molecular weight excluding hydrogens is 192 g/mol. The number of carbonyl (C=O) groups is 1. The smallest absolute Gasteiger partial charge is 0.317 e. The third-order valence-electron chi connectivity index (χ3n) is 2.01. The maximum absolute atomic E-state index is 10.6. The van der Waals surface area contributed by atoms with Crippen molar-refractivity contribution < 1.29 is 4.79 Å². The van der Waals surface area contributed by atoms with Crippen molar-refractivity contribution in [1.82, 2.24) is 4.98 Å². The average Bonchev–Trinajstić information content (AvgIpc) is 2.57. The number of nitrogens with zero attached hydrogens (tertiary/aromatic N) is 1. The molecule has 5 heteroatoms. The van der Waals surface area contributed by atoms with Crippen LogP contribution in [0.4, 0.5) is 10.6 Å². The molecule has 0 spiro atoms. The summed E-state index contributed by atoms with van der Waals surface area (Å²) in [4.78, 5) is 13.5. The molecular formula is C10H8N4O. The Bertz CT molecular complexity index is 564. The number of rotatable bonds is 1. The van der Waals surface area contributed by atoms with Crippen molar-refractivity contribution in [2.75, 3.05) is 5.32 Å². The fraction of sp³-hybridized carbons (Fsp3) is 0. The van der Waals surface area contributed by atoms with E-state index in [4.69, 9.17) is 11.0 Å². The Morgan fingerprint density at radius 3 is 2.93 bits per heavy atom. The van der Waals surface area contributed by atoms with Gasteiger partial charge < -0.3 is 10.7 Å². The lowest BCUT2D eigenvalue weighted by Crippen LogP contribution is -2.19. The summed E-state index contributed by atoms with van der Waals surface area (Å²) < 4.78 is 0. The number of urea groups is 1. The molecule has 0 radical (unpaired) electrons. The van der Waals surface area contributed by atoms with Crippen LogP contribution in [0.25, 0.3) is 10.9 Å². The number of nitrogens with one attached hydrogen (secondary N) is 2. The third kappa shape index (κ3) is 1.74. The first-order valence-corrected chi connectivity index (χ1v) is 4.28. The standard InChI is InChI=1S/C10H8N4O/c11-5-6-1-2-7-4-9(14-10(12)15)13-8(7)3-6/h1-4,13H,(H3,12,14,15). The first-order chi connectivity index (χ1) is 7.19. The van der Waals surface area contributed by atoms with E-state index in [1.165, 1.54) is 0 Å². The van der Waals surface area contributed by atoms with Gasteiger partial charge in [-0.05, 0) is 18.2 Å². The summed E-state index contributed by atoms with van der Waals surface area (Å²) >= 11 is 0. The minimum atomic E-state index is -0.623. The molecule has 0 saturated heterocycles. The van der Waals surface area contributed by atoms with E-state index in [9.17, 15) is 4.79 Å². The second-order valence-electron chi connectivity index (χ2n) is 3.09. The summed E-state index contributed by atoms with van der Waals surface area (Å²) in [5.41, 5.74) is 6.33. The number of aromatic amines is 1. The lowest BCUT2D eigenvalue weighted by atomic mass is 10.2. The normalized spacial score (nSPS) is 9.80. The number of hydrogen-bond acceptors (Lipinski definition) is 2. The number of fused-ring (bicyclic) bond motifs is 1. The molecule has 0 aliphatic heterocycles. The van der Waals surface area contributed by atoms with Crippen LogP contribution in [0.15, 0.2) is 24.3 Å². The van der Waals surface area contributed by atoms with Gasteiger partial charge in [-0.15, -0.1) is 0 Å². The predicted octanol–water partition coefficient (Wildman–Crippen LogP) is 1.53. The second-order valence-corrected chi connectivity index (χ2v) is 3.09. The highest BCUT2D eigenvalue weighted by Crippen LogP contribution is 2.19. The topological polar surface area (TPSA) is 94.7 Å². The van der Waals surface area contributed by atoms with Gasteiger partial charge in [-0.2, -0.15) is 5.26 Å². The number of aromatic nitrogens is 1. The minimum absolute atomic E-state index is 0.521. The van der Waals surface area contributed by atoms with Crippen molar-refractivity contribution in [3.05, 3.63) is 29.8 Å². The number of primary amides is 1. The van der Waals surface area contributed by atoms with Crippen molar-refractivity contribution in [2.24, 2.45) is 5.73 Å². The van der Waals surface area contributed by atoms with Gasteiger partial charge in [0.1, 0.15) is 5.82 Å². The predicted molar refractivity (Wildman–Crippen MR) is 56.2 cm³/mol. The van der Waals surface area contributed by atoms with Gasteiger partial charge in [0.15, 0.2) is 0 Å². The van der Waals surface area contributed by atoms with Gasteiger partial charge in [-0.1, -0.05) is 6.07 Å². The van der Waals surface area contributed by atoms with Gasteiger partial charge in [0.05, 0.1) is 11.6 Å². The zero-order valence-electron chi connectivity index (χ0n) is 7.74.